The number of amides is 1. The fourth-order valence-electron chi connectivity index (χ4n) is 1.73. The number of hydrogen-bond donors (Lipinski definition) is 1. The lowest BCUT2D eigenvalue weighted by atomic mass is 10.1. The first-order valence-electron chi connectivity index (χ1n) is 6.39. The summed E-state index contributed by atoms with van der Waals surface area (Å²) in [6.07, 6.45) is 1.26. The molecule has 1 aromatic heterocycles. The van der Waals surface area contributed by atoms with Crippen molar-refractivity contribution in [3.05, 3.63) is 41.9 Å². The molecule has 2 heterocycles. The van der Waals surface area contributed by atoms with Crippen molar-refractivity contribution in [1.82, 2.24) is 10.2 Å². The molecule has 0 aliphatic carbocycles. The Hall–Kier alpha value is -2.83. The van der Waals surface area contributed by atoms with Crippen LogP contribution in [0, 0.1) is 6.92 Å². The van der Waals surface area contributed by atoms with Crippen LogP contribution in [-0.4, -0.2) is 29.3 Å². The van der Waals surface area contributed by atoms with Crippen molar-refractivity contribution in [2.45, 2.75) is 6.92 Å². The average Bonchev–Trinajstić information content (AvgIpc) is 2.97. The van der Waals surface area contributed by atoms with Gasteiger partial charge in [-0.15, -0.1) is 5.10 Å². The number of rotatable bonds is 3. The monoisotopic (exact) mass is 287 g/mol. The Morgan fingerprint density at radius 3 is 2.71 bits per heavy atom. The predicted molar refractivity (Wildman–Crippen MR) is 73.1 cm³/mol. The van der Waals surface area contributed by atoms with Crippen LogP contribution in [0.1, 0.15) is 5.56 Å². The molecule has 1 aliphatic heterocycles. The molecule has 108 valence electrons. The molecular weight excluding hydrogens is 274 g/mol. The van der Waals surface area contributed by atoms with E-state index in [4.69, 9.17) is 13.9 Å². The summed E-state index contributed by atoms with van der Waals surface area (Å²) in [5.41, 5.74) is 1.92. The number of ether oxygens (including phenoxy) is 2. The Morgan fingerprint density at radius 1 is 1.19 bits per heavy atom. The lowest BCUT2D eigenvalue weighted by Gasteiger charge is -2.13. The van der Waals surface area contributed by atoms with E-state index in [0.717, 1.165) is 11.1 Å². The van der Waals surface area contributed by atoms with Gasteiger partial charge in [-0.25, -0.2) is 0 Å². The van der Waals surface area contributed by atoms with Gasteiger partial charge >= 0.3 is 6.01 Å². The molecule has 0 radical (unpaired) electrons. The second kappa shape index (κ2) is 5.66. The number of carbonyl (C=O) groups is 1. The van der Waals surface area contributed by atoms with Crippen molar-refractivity contribution in [1.29, 1.82) is 0 Å². The van der Waals surface area contributed by atoms with Gasteiger partial charge in [0.25, 0.3) is 5.91 Å². The highest BCUT2D eigenvalue weighted by molar-refractivity contribution is 6.00. The van der Waals surface area contributed by atoms with Gasteiger partial charge in [-0.1, -0.05) is 22.8 Å². The van der Waals surface area contributed by atoms with Crippen molar-refractivity contribution in [3.63, 3.8) is 0 Å². The Morgan fingerprint density at radius 2 is 2.00 bits per heavy atom. The highest BCUT2D eigenvalue weighted by Crippen LogP contribution is 2.20. The highest BCUT2D eigenvalue weighted by atomic mass is 16.6. The minimum atomic E-state index is -0.492. The fraction of sp³-hybridized carbons (Fsp3) is 0.214. The molecule has 0 unspecified atom stereocenters. The number of nitrogens with zero attached hydrogens (tertiary/aromatic N) is 2. The van der Waals surface area contributed by atoms with Gasteiger partial charge in [0.05, 0.1) is 0 Å². The maximum Gasteiger partial charge on any atom is 0.322 e. The van der Waals surface area contributed by atoms with E-state index in [-0.39, 0.29) is 11.8 Å². The summed E-state index contributed by atoms with van der Waals surface area (Å²) < 4.78 is 15.6. The number of aryl methyl sites for hydroxylation is 1. The van der Waals surface area contributed by atoms with Crippen LogP contribution >= 0.6 is 0 Å². The van der Waals surface area contributed by atoms with Crippen molar-refractivity contribution in [3.8, 4) is 11.5 Å². The zero-order valence-electron chi connectivity index (χ0n) is 11.3. The topological polar surface area (TPSA) is 86.5 Å². The molecular formula is C14H13N3O4. The number of nitrogens with one attached hydrogen (secondary N) is 1. The largest absolute Gasteiger partial charge is 0.494 e. The van der Waals surface area contributed by atoms with Crippen LogP contribution in [-0.2, 0) is 14.3 Å². The molecule has 1 aromatic carbocycles. The van der Waals surface area contributed by atoms with Gasteiger partial charge in [0.2, 0.25) is 11.6 Å². The van der Waals surface area contributed by atoms with Gasteiger partial charge in [0, 0.05) is 5.56 Å². The summed E-state index contributed by atoms with van der Waals surface area (Å²) in [4.78, 5) is 11.8. The zero-order valence-corrected chi connectivity index (χ0v) is 11.3. The van der Waals surface area contributed by atoms with Gasteiger partial charge in [-0.3, -0.25) is 10.1 Å². The summed E-state index contributed by atoms with van der Waals surface area (Å²) >= 11 is 0. The second-order valence-corrected chi connectivity index (χ2v) is 4.43. The van der Waals surface area contributed by atoms with E-state index in [1.54, 1.807) is 0 Å². The van der Waals surface area contributed by atoms with E-state index in [1.807, 2.05) is 31.2 Å². The molecule has 1 N–H and O–H groups in total. The molecule has 0 spiro atoms. The number of aromatic nitrogens is 2. The lowest BCUT2D eigenvalue weighted by molar-refractivity contribution is -0.117. The van der Waals surface area contributed by atoms with Crippen LogP contribution in [0.15, 0.2) is 40.7 Å². The molecule has 0 bridgehead atoms. The SMILES string of the molecule is Cc1ccc(-c2nnc(NC(=O)C3=COCCO3)o2)cc1. The Kier molecular flexibility index (Phi) is 3.55. The van der Waals surface area contributed by atoms with Crippen molar-refractivity contribution in [2.75, 3.05) is 18.5 Å². The van der Waals surface area contributed by atoms with E-state index < -0.39 is 5.91 Å². The maximum atomic E-state index is 11.8. The van der Waals surface area contributed by atoms with Crippen LogP contribution in [0.5, 0.6) is 0 Å². The smallest absolute Gasteiger partial charge is 0.322 e. The summed E-state index contributed by atoms with van der Waals surface area (Å²) in [5, 5.41) is 10.1. The van der Waals surface area contributed by atoms with Gasteiger partial charge in [0.1, 0.15) is 19.5 Å². The van der Waals surface area contributed by atoms with Crippen LogP contribution in [0.2, 0.25) is 0 Å². The summed E-state index contributed by atoms with van der Waals surface area (Å²) in [6, 6.07) is 7.63. The van der Waals surface area contributed by atoms with Gasteiger partial charge in [-0.2, -0.15) is 0 Å². The van der Waals surface area contributed by atoms with Crippen molar-refractivity contribution >= 4 is 11.9 Å². The minimum Gasteiger partial charge on any atom is -0.494 e. The number of hydrogen-bond acceptors (Lipinski definition) is 6. The van der Waals surface area contributed by atoms with E-state index in [9.17, 15) is 4.79 Å². The molecule has 7 nitrogen and oxygen atoms in total. The molecule has 1 amide bonds. The first kappa shape index (κ1) is 13.2. The quantitative estimate of drug-likeness (QED) is 0.927. The van der Waals surface area contributed by atoms with Crippen LogP contribution < -0.4 is 5.32 Å². The zero-order chi connectivity index (χ0) is 14.7. The molecule has 0 atom stereocenters. The first-order chi connectivity index (χ1) is 10.2. The van der Waals surface area contributed by atoms with Crippen LogP contribution in [0.25, 0.3) is 11.5 Å². The maximum absolute atomic E-state index is 11.8. The Bertz CT molecular complexity index is 676. The number of carbonyl (C=O) groups excluding carboxylic acids is 1. The molecule has 0 saturated carbocycles. The fourth-order valence-corrected chi connectivity index (χ4v) is 1.73. The molecule has 21 heavy (non-hydrogen) atoms. The molecule has 0 fully saturated rings. The number of anilines is 1. The molecule has 7 heteroatoms. The third-order valence-corrected chi connectivity index (χ3v) is 2.82. The molecule has 1 aliphatic rings. The van der Waals surface area contributed by atoms with E-state index in [1.165, 1.54) is 6.26 Å². The van der Waals surface area contributed by atoms with Crippen LogP contribution in [0.4, 0.5) is 6.01 Å². The van der Waals surface area contributed by atoms with Gasteiger partial charge in [0.15, 0.2) is 0 Å². The normalized spacial score (nSPS) is 13.9. The summed E-state index contributed by atoms with van der Waals surface area (Å²) in [6.45, 7) is 2.75. The predicted octanol–water partition coefficient (Wildman–Crippen LogP) is 1.87. The number of benzene rings is 1. The van der Waals surface area contributed by atoms with E-state index in [0.29, 0.717) is 19.1 Å². The van der Waals surface area contributed by atoms with Crippen molar-refractivity contribution < 1.29 is 18.7 Å². The van der Waals surface area contributed by atoms with Gasteiger partial charge < -0.3 is 13.9 Å². The Labute approximate surface area is 120 Å². The standard InChI is InChI=1S/C14H13N3O4/c1-9-2-4-10(5-3-9)13-16-17-14(21-13)15-12(18)11-8-19-6-7-20-11/h2-5,8H,6-7H2,1H3,(H,15,17,18). The highest BCUT2D eigenvalue weighted by Gasteiger charge is 2.18. The summed E-state index contributed by atoms with van der Waals surface area (Å²) in [7, 11) is 0. The third-order valence-electron chi connectivity index (χ3n) is 2.82. The molecule has 2 aromatic rings. The van der Waals surface area contributed by atoms with Crippen LogP contribution in [0.3, 0.4) is 0 Å². The third kappa shape index (κ3) is 3.02. The second-order valence-electron chi connectivity index (χ2n) is 4.43. The Balaban J connectivity index is 1.71. The molecule has 3 rings (SSSR count). The first-order valence-corrected chi connectivity index (χ1v) is 6.39. The average molecular weight is 287 g/mol. The van der Waals surface area contributed by atoms with Crippen molar-refractivity contribution in [2.24, 2.45) is 0 Å². The summed E-state index contributed by atoms with van der Waals surface area (Å²) in [5.74, 6) is -0.0785. The van der Waals surface area contributed by atoms with Gasteiger partial charge in [-0.05, 0) is 19.1 Å². The lowest BCUT2D eigenvalue weighted by Crippen LogP contribution is -2.21. The molecule has 0 saturated heterocycles. The van der Waals surface area contributed by atoms with E-state index >= 15 is 0 Å². The minimum absolute atomic E-state index is 0.00523. The van der Waals surface area contributed by atoms with E-state index in [2.05, 4.69) is 15.5 Å².